The van der Waals surface area contributed by atoms with Crippen molar-refractivity contribution in [2.75, 3.05) is 43.9 Å². The maximum Gasteiger partial charge on any atom is 0.243 e. The number of anilines is 2. The monoisotopic (exact) mass is 418 g/mol. The van der Waals surface area contributed by atoms with Crippen LogP contribution in [-0.2, 0) is 10.0 Å². The van der Waals surface area contributed by atoms with Crippen molar-refractivity contribution in [1.82, 2.24) is 9.21 Å². The van der Waals surface area contributed by atoms with Crippen molar-refractivity contribution in [2.24, 2.45) is 0 Å². The normalized spacial score (nSPS) is 16.0. The highest BCUT2D eigenvalue weighted by Crippen LogP contribution is 2.24. The molecule has 0 unspecified atom stereocenters. The summed E-state index contributed by atoms with van der Waals surface area (Å²) in [4.78, 5) is 2.45. The Morgan fingerprint density at radius 3 is 2.14 bits per heavy atom. The third-order valence-electron chi connectivity index (χ3n) is 4.84. The van der Waals surface area contributed by atoms with Crippen molar-refractivity contribution in [3.05, 3.63) is 53.6 Å². The summed E-state index contributed by atoms with van der Waals surface area (Å²) in [6.07, 6.45) is 0. The van der Waals surface area contributed by atoms with E-state index in [0.29, 0.717) is 28.8 Å². The van der Waals surface area contributed by atoms with Gasteiger partial charge in [-0.15, -0.1) is 0 Å². The summed E-state index contributed by atoms with van der Waals surface area (Å²) < 4.78 is 27.8. The zero-order chi connectivity index (χ0) is 20.3. The van der Waals surface area contributed by atoms with Crippen LogP contribution in [0.25, 0.3) is 0 Å². The molecule has 0 radical (unpaired) electrons. The van der Waals surface area contributed by atoms with E-state index in [1.54, 1.807) is 16.4 Å². The second-order valence-corrected chi connectivity index (χ2v) is 9.45. The molecule has 2 N–H and O–H groups in total. The number of hydrogen-bond donors (Lipinski definition) is 2. The summed E-state index contributed by atoms with van der Waals surface area (Å²) in [5, 5.41) is 6.61. The van der Waals surface area contributed by atoms with Crippen molar-refractivity contribution < 1.29 is 8.42 Å². The Balaban J connectivity index is 1.75. The second kappa shape index (κ2) is 8.57. The van der Waals surface area contributed by atoms with Crippen molar-refractivity contribution in [3.8, 4) is 0 Å². The molecule has 8 heteroatoms. The predicted molar refractivity (Wildman–Crippen MR) is 118 cm³/mol. The smallest absolute Gasteiger partial charge is 0.243 e. The van der Waals surface area contributed by atoms with Gasteiger partial charge in [0.05, 0.1) is 4.90 Å². The Bertz CT molecular complexity index is 951. The molecule has 0 saturated carbocycles. The number of sulfonamides is 1. The van der Waals surface area contributed by atoms with Crippen LogP contribution in [-0.4, -0.2) is 56.0 Å². The van der Waals surface area contributed by atoms with Crippen LogP contribution in [0.2, 0.25) is 0 Å². The average molecular weight is 419 g/mol. The highest BCUT2D eigenvalue weighted by atomic mass is 32.2. The Morgan fingerprint density at radius 1 is 0.929 bits per heavy atom. The molecule has 3 rings (SSSR count). The molecular weight excluding hydrogens is 392 g/mol. The van der Waals surface area contributed by atoms with Gasteiger partial charge < -0.3 is 15.5 Å². The molecule has 1 saturated heterocycles. The maximum atomic E-state index is 13.1. The lowest BCUT2D eigenvalue weighted by molar-refractivity contribution is 0.222. The van der Waals surface area contributed by atoms with Crippen LogP contribution in [0, 0.1) is 13.8 Å². The van der Waals surface area contributed by atoms with Gasteiger partial charge in [-0.3, -0.25) is 0 Å². The van der Waals surface area contributed by atoms with Crippen LogP contribution in [0.1, 0.15) is 11.1 Å². The minimum absolute atomic E-state index is 0.320. The highest BCUT2D eigenvalue weighted by Gasteiger charge is 2.28. The number of nitrogens with one attached hydrogen (secondary N) is 2. The quantitative estimate of drug-likeness (QED) is 0.744. The standard InChI is InChI=1S/C20H26N4O2S2/c1-15-4-7-17(8-5-15)21-20(27)22-18-9-6-16(2)19(14-18)28(25,26)24-12-10-23(3)11-13-24/h4-9,14H,10-13H2,1-3H3,(H2,21,22,27). The molecule has 150 valence electrons. The van der Waals surface area contributed by atoms with Crippen LogP contribution in [0.15, 0.2) is 47.4 Å². The molecule has 2 aromatic rings. The van der Waals surface area contributed by atoms with E-state index in [1.165, 1.54) is 5.56 Å². The summed E-state index contributed by atoms with van der Waals surface area (Å²) in [5.74, 6) is 0. The van der Waals surface area contributed by atoms with E-state index in [4.69, 9.17) is 12.2 Å². The van der Waals surface area contributed by atoms with Crippen molar-refractivity contribution in [1.29, 1.82) is 0 Å². The average Bonchev–Trinajstić information content (AvgIpc) is 2.65. The van der Waals surface area contributed by atoms with Gasteiger partial charge in [-0.1, -0.05) is 23.8 Å². The first-order valence-corrected chi connectivity index (χ1v) is 11.0. The number of aryl methyl sites for hydroxylation is 2. The van der Waals surface area contributed by atoms with Gasteiger partial charge in [0.2, 0.25) is 10.0 Å². The molecule has 28 heavy (non-hydrogen) atoms. The molecule has 0 spiro atoms. The zero-order valence-electron chi connectivity index (χ0n) is 16.4. The molecule has 0 aliphatic carbocycles. The van der Waals surface area contributed by atoms with Crippen LogP contribution < -0.4 is 10.6 Å². The van der Waals surface area contributed by atoms with Crippen LogP contribution in [0.5, 0.6) is 0 Å². The van der Waals surface area contributed by atoms with Gasteiger partial charge in [-0.25, -0.2) is 8.42 Å². The lowest BCUT2D eigenvalue weighted by atomic mass is 10.2. The van der Waals surface area contributed by atoms with E-state index in [1.807, 2.05) is 51.2 Å². The number of rotatable bonds is 4. The van der Waals surface area contributed by atoms with Crippen molar-refractivity contribution in [3.63, 3.8) is 0 Å². The van der Waals surface area contributed by atoms with Crippen LogP contribution in [0.3, 0.4) is 0 Å². The SMILES string of the molecule is Cc1ccc(NC(=S)Nc2ccc(C)c(S(=O)(=O)N3CCN(C)CC3)c2)cc1. The van der Waals surface area contributed by atoms with Crippen molar-refractivity contribution in [2.45, 2.75) is 18.7 Å². The summed E-state index contributed by atoms with van der Waals surface area (Å²) in [7, 11) is -1.53. The number of thiocarbonyl (C=S) groups is 1. The molecule has 0 atom stereocenters. The van der Waals surface area contributed by atoms with Crippen LogP contribution in [0.4, 0.5) is 11.4 Å². The van der Waals surface area contributed by atoms with E-state index >= 15 is 0 Å². The molecule has 1 heterocycles. The van der Waals surface area contributed by atoms with Gasteiger partial charge in [-0.2, -0.15) is 4.31 Å². The number of nitrogens with zero attached hydrogens (tertiary/aromatic N) is 2. The van der Waals surface area contributed by atoms with Gasteiger partial charge in [-0.05, 0) is 62.9 Å². The highest BCUT2D eigenvalue weighted by molar-refractivity contribution is 7.89. The lowest BCUT2D eigenvalue weighted by Crippen LogP contribution is -2.47. The number of benzene rings is 2. The van der Waals surface area contributed by atoms with E-state index in [0.717, 1.165) is 24.3 Å². The first kappa shape index (κ1) is 20.7. The van der Waals surface area contributed by atoms with Gasteiger partial charge in [0, 0.05) is 37.6 Å². The molecule has 0 bridgehead atoms. The number of likely N-dealkylation sites (N-methyl/N-ethyl adjacent to an activating group) is 1. The largest absolute Gasteiger partial charge is 0.332 e. The Hall–Kier alpha value is -2.00. The summed E-state index contributed by atoms with van der Waals surface area (Å²) in [6, 6.07) is 13.2. The molecule has 1 aliphatic rings. The van der Waals surface area contributed by atoms with Gasteiger partial charge in [0.15, 0.2) is 5.11 Å². The van der Waals surface area contributed by atoms with Gasteiger partial charge >= 0.3 is 0 Å². The molecule has 1 fully saturated rings. The maximum absolute atomic E-state index is 13.1. The second-order valence-electron chi connectivity index (χ2n) is 7.13. The minimum Gasteiger partial charge on any atom is -0.332 e. The molecule has 1 aliphatic heterocycles. The minimum atomic E-state index is -3.54. The predicted octanol–water partition coefficient (Wildman–Crippen LogP) is 3.05. The molecule has 6 nitrogen and oxygen atoms in total. The number of piperazine rings is 1. The number of hydrogen-bond acceptors (Lipinski definition) is 4. The summed E-state index contributed by atoms with van der Waals surface area (Å²) >= 11 is 5.37. The first-order chi connectivity index (χ1) is 13.3. The Kier molecular flexibility index (Phi) is 6.34. The fraction of sp³-hybridized carbons (Fsp3) is 0.350. The summed E-state index contributed by atoms with van der Waals surface area (Å²) in [6.45, 7) is 6.32. The zero-order valence-corrected chi connectivity index (χ0v) is 18.0. The van der Waals surface area contributed by atoms with Gasteiger partial charge in [0.25, 0.3) is 0 Å². The van der Waals surface area contributed by atoms with E-state index in [9.17, 15) is 8.42 Å². The topological polar surface area (TPSA) is 64.7 Å². The molecule has 2 aromatic carbocycles. The third-order valence-corrected chi connectivity index (χ3v) is 7.08. The summed E-state index contributed by atoms with van der Waals surface area (Å²) in [5.41, 5.74) is 3.41. The molecule has 0 aromatic heterocycles. The van der Waals surface area contributed by atoms with Crippen molar-refractivity contribution >= 4 is 38.7 Å². The van der Waals surface area contributed by atoms with Crippen LogP contribution >= 0.6 is 12.2 Å². The van der Waals surface area contributed by atoms with E-state index in [-0.39, 0.29) is 0 Å². The molecular formula is C20H26N4O2S2. The fourth-order valence-corrected chi connectivity index (χ4v) is 4.96. The van der Waals surface area contributed by atoms with Gasteiger partial charge in [0.1, 0.15) is 0 Å². The lowest BCUT2D eigenvalue weighted by Gasteiger charge is -2.32. The van der Waals surface area contributed by atoms with E-state index < -0.39 is 10.0 Å². The third kappa shape index (κ3) is 4.88. The fourth-order valence-electron chi connectivity index (χ4n) is 3.05. The Labute approximate surface area is 172 Å². The first-order valence-electron chi connectivity index (χ1n) is 9.20. The Morgan fingerprint density at radius 2 is 1.50 bits per heavy atom. The van der Waals surface area contributed by atoms with E-state index in [2.05, 4.69) is 15.5 Å². The molecule has 0 amide bonds.